The first-order valence-electron chi connectivity index (χ1n) is 10.2. The van der Waals surface area contributed by atoms with Crippen molar-refractivity contribution in [1.82, 2.24) is 4.90 Å². The number of ketones is 1. The number of nitrogens with zero attached hydrogens (tertiary/aromatic N) is 2. The van der Waals surface area contributed by atoms with Gasteiger partial charge in [0, 0.05) is 69.6 Å². The van der Waals surface area contributed by atoms with Gasteiger partial charge in [0.2, 0.25) is 0 Å². The van der Waals surface area contributed by atoms with Crippen LogP contribution in [0.5, 0.6) is 0 Å². The molecule has 1 amide bonds. The maximum atomic E-state index is 12.9. The SMILES string of the molecule is COC1Cc2c(cccc2C(=O)CCN2CCN(c3ccccc3)CC2)NC1=O. The van der Waals surface area contributed by atoms with Crippen molar-refractivity contribution in [3.05, 3.63) is 59.7 Å². The van der Waals surface area contributed by atoms with Crippen LogP contribution in [-0.4, -0.2) is 62.5 Å². The Kier molecular flexibility index (Phi) is 5.92. The van der Waals surface area contributed by atoms with Crippen LogP contribution in [0.1, 0.15) is 22.3 Å². The molecular formula is C23H27N3O3. The number of nitrogens with one attached hydrogen (secondary N) is 1. The number of methoxy groups -OCH3 is 1. The number of piperazine rings is 1. The monoisotopic (exact) mass is 393 g/mol. The molecule has 0 saturated carbocycles. The number of benzene rings is 2. The predicted octanol–water partition coefficient (Wildman–Crippen LogP) is 2.59. The van der Waals surface area contributed by atoms with Gasteiger partial charge in [-0.3, -0.25) is 14.5 Å². The number of amides is 1. The van der Waals surface area contributed by atoms with Crippen LogP contribution in [0.3, 0.4) is 0 Å². The molecule has 2 heterocycles. The summed E-state index contributed by atoms with van der Waals surface area (Å²) in [5.41, 5.74) is 3.57. The van der Waals surface area contributed by atoms with Gasteiger partial charge in [-0.25, -0.2) is 0 Å². The van der Waals surface area contributed by atoms with E-state index in [0.717, 1.165) is 44.0 Å². The summed E-state index contributed by atoms with van der Waals surface area (Å²) >= 11 is 0. The summed E-state index contributed by atoms with van der Waals surface area (Å²) in [4.78, 5) is 29.7. The number of hydrogen-bond acceptors (Lipinski definition) is 5. The lowest BCUT2D eigenvalue weighted by molar-refractivity contribution is -0.126. The highest BCUT2D eigenvalue weighted by molar-refractivity contribution is 6.03. The quantitative estimate of drug-likeness (QED) is 0.765. The van der Waals surface area contributed by atoms with Crippen molar-refractivity contribution in [3.8, 4) is 0 Å². The lowest BCUT2D eigenvalue weighted by Gasteiger charge is -2.36. The smallest absolute Gasteiger partial charge is 0.253 e. The topological polar surface area (TPSA) is 61.9 Å². The van der Waals surface area contributed by atoms with E-state index < -0.39 is 6.10 Å². The second-order valence-electron chi connectivity index (χ2n) is 7.59. The highest BCUT2D eigenvalue weighted by Gasteiger charge is 2.29. The lowest BCUT2D eigenvalue weighted by atomic mass is 9.92. The Balaban J connectivity index is 1.34. The normalized spacial score (nSPS) is 19.6. The van der Waals surface area contributed by atoms with E-state index in [4.69, 9.17) is 4.74 Å². The van der Waals surface area contributed by atoms with Gasteiger partial charge < -0.3 is 15.0 Å². The molecule has 6 nitrogen and oxygen atoms in total. The Morgan fingerprint density at radius 2 is 1.83 bits per heavy atom. The Hall–Kier alpha value is -2.70. The van der Waals surface area contributed by atoms with Gasteiger partial charge in [-0.05, 0) is 23.8 Å². The fourth-order valence-corrected chi connectivity index (χ4v) is 4.13. The molecule has 0 spiro atoms. The third kappa shape index (κ3) is 4.33. The highest BCUT2D eigenvalue weighted by Crippen LogP contribution is 2.28. The maximum Gasteiger partial charge on any atom is 0.253 e. The molecule has 2 aromatic rings. The van der Waals surface area contributed by atoms with Gasteiger partial charge in [-0.15, -0.1) is 0 Å². The molecule has 1 fully saturated rings. The molecule has 29 heavy (non-hydrogen) atoms. The number of carbonyl (C=O) groups is 2. The van der Waals surface area contributed by atoms with Crippen molar-refractivity contribution in [2.24, 2.45) is 0 Å². The average molecular weight is 393 g/mol. The number of hydrogen-bond donors (Lipinski definition) is 1. The number of ether oxygens (including phenoxy) is 1. The van der Waals surface area contributed by atoms with Gasteiger partial charge in [0.1, 0.15) is 6.10 Å². The van der Waals surface area contributed by atoms with Crippen molar-refractivity contribution < 1.29 is 14.3 Å². The van der Waals surface area contributed by atoms with E-state index in [1.54, 1.807) is 0 Å². The van der Waals surface area contributed by atoms with E-state index >= 15 is 0 Å². The first-order chi connectivity index (χ1) is 14.2. The molecule has 2 aliphatic heterocycles. The van der Waals surface area contributed by atoms with Gasteiger partial charge in [0.05, 0.1) is 0 Å². The Bertz CT molecular complexity index is 876. The highest BCUT2D eigenvalue weighted by atomic mass is 16.5. The summed E-state index contributed by atoms with van der Waals surface area (Å²) in [7, 11) is 1.52. The molecule has 2 aromatic carbocycles. The fourth-order valence-electron chi connectivity index (χ4n) is 4.13. The number of fused-ring (bicyclic) bond motifs is 1. The van der Waals surface area contributed by atoms with Crippen molar-refractivity contribution in [3.63, 3.8) is 0 Å². The molecule has 1 atom stereocenters. The van der Waals surface area contributed by atoms with E-state index in [-0.39, 0.29) is 11.7 Å². The first kappa shape index (κ1) is 19.6. The molecule has 6 heteroatoms. The Labute approximate surface area is 171 Å². The number of Topliss-reactive ketones (excluding diaryl/α,β-unsaturated/α-hetero) is 1. The van der Waals surface area contributed by atoms with Crippen molar-refractivity contribution in [1.29, 1.82) is 0 Å². The first-order valence-corrected chi connectivity index (χ1v) is 10.2. The molecule has 4 rings (SSSR count). The van der Waals surface area contributed by atoms with E-state index in [0.29, 0.717) is 18.4 Å². The molecule has 1 N–H and O–H groups in total. The van der Waals surface area contributed by atoms with E-state index in [1.807, 2.05) is 24.3 Å². The van der Waals surface area contributed by atoms with Crippen LogP contribution in [0.15, 0.2) is 48.5 Å². The van der Waals surface area contributed by atoms with Gasteiger partial charge in [0.15, 0.2) is 5.78 Å². The van der Waals surface area contributed by atoms with Crippen molar-refractivity contribution >= 4 is 23.1 Å². The standard InChI is InChI=1S/C23H27N3O3/c1-29-22-16-19-18(8-5-9-20(19)24-23(22)28)21(27)10-11-25-12-14-26(15-13-25)17-6-3-2-4-7-17/h2-9,22H,10-16H2,1H3,(H,24,28). The zero-order valence-corrected chi connectivity index (χ0v) is 16.8. The lowest BCUT2D eigenvalue weighted by Crippen LogP contribution is -2.47. The molecule has 2 aliphatic rings. The largest absolute Gasteiger partial charge is 0.371 e. The molecule has 1 unspecified atom stereocenters. The van der Waals surface area contributed by atoms with Crippen LogP contribution in [0.4, 0.5) is 11.4 Å². The molecule has 0 aromatic heterocycles. The van der Waals surface area contributed by atoms with Gasteiger partial charge in [-0.2, -0.15) is 0 Å². The van der Waals surface area contributed by atoms with Crippen LogP contribution in [-0.2, 0) is 16.0 Å². The van der Waals surface area contributed by atoms with Crippen LogP contribution < -0.4 is 10.2 Å². The third-order valence-corrected chi connectivity index (χ3v) is 5.85. The van der Waals surface area contributed by atoms with Gasteiger partial charge in [0.25, 0.3) is 5.91 Å². The predicted molar refractivity (Wildman–Crippen MR) is 114 cm³/mol. The minimum absolute atomic E-state index is 0.123. The van der Waals surface area contributed by atoms with Gasteiger partial charge >= 0.3 is 0 Å². The van der Waals surface area contributed by atoms with Crippen molar-refractivity contribution in [2.75, 3.05) is 50.1 Å². The zero-order chi connectivity index (χ0) is 20.2. The van der Waals surface area contributed by atoms with E-state index in [9.17, 15) is 9.59 Å². The Morgan fingerprint density at radius 3 is 2.55 bits per heavy atom. The summed E-state index contributed by atoms with van der Waals surface area (Å²) in [5.74, 6) is -0.0285. The average Bonchev–Trinajstić information content (AvgIpc) is 2.77. The molecule has 152 valence electrons. The molecule has 1 saturated heterocycles. The van der Waals surface area contributed by atoms with Crippen molar-refractivity contribution in [2.45, 2.75) is 18.9 Å². The number of para-hydroxylation sites is 1. The molecular weight excluding hydrogens is 366 g/mol. The number of carbonyl (C=O) groups excluding carboxylic acids is 2. The van der Waals surface area contributed by atoms with Crippen LogP contribution >= 0.6 is 0 Å². The van der Waals surface area contributed by atoms with Gasteiger partial charge in [-0.1, -0.05) is 30.3 Å². The molecule has 0 radical (unpaired) electrons. The zero-order valence-electron chi connectivity index (χ0n) is 16.8. The summed E-state index contributed by atoms with van der Waals surface area (Å²) in [6, 6.07) is 16.0. The Morgan fingerprint density at radius 1 is 1.07 bits per heavy atom. The summed E-state index contributed by atoms with van der Waals surface area (Å²) in [6.45, 7) is 4.61. The van der Waals surface area contributed by atoms with Crippen LogP contribution in [0, 0.1) is 0 Å². The molecule has 0 bridgehead atoms. The minimum atomic E-state index is -0.539. The summed E-state index contributed by atoms with van der Waals surface area (Å²) < 4.78 is 5.26. The summed E-state index contributed by atoms with van der Waals surface area (Å²) in [6.07, 6.45) is 0.380. The minimum Gasteiger partial charge on any atom is -0.371 e. The maximum absolute atomic E-state index is 12.9. The second kappa shape index (κ2) is 8.76. The number of rotatable bonds is 6. The van der Waals surface area contributed by atoms with E-state index in [1.165, 1.54) is 12.8 Å². The van der Waals surface area contributed by atoms with Crippen LogP contribution in [0.25, 0.3) is 0 Å². The van der Waals surface area contributed by atoms with E-state index in [2.05, 4.69) is 39.4 Å². The van der Waals surface area contributed by atoms with Crippen LogP contribution in [0.2, 0.25) is 0 Å². The molecule has 0 aliphatic carbocycles. The second-order valence-corrected chi connectivity index (χ2v) is 7.59. The summed E-state index contributed by atoms with van der Waals surface area (Å²) in [5, 5.41) is 2.85. The fraction of sp³-hybridized carbons (Fsp3) is 0.391. The third-order valence-electron chi connectivity index (χ3n) is 5.85. The number of anilines is 2.